The van der Waals surface area contributed by atoms with Crippen molar-refractivity contribution in [2.75, 3.05) is 0 Å². The summed E-state index contributed by atoms with van der Waals surface area (Å²) >= 11 is 0. The molecule has 2 rings (SSSR count). The van der Waals surface area contributed by atoms with Gasteiger partial charge in [0.1, 0.15) is 0 Å². The van der Waals surface area contributed by atoms with Crippen LogP contribution in [0.3, 0.4) is 0 Å². The summed E-state index contributed by atoms with van der Waals surface area (Å²) in [4.78, 5) is 11.9. The van der Waals surface area contributed by atoms with Crippen LogP contribution in [0.4, 0.5) is 0 Å². The van der Waals surface area contributed by atoms with Gasteiger partial charge in [-0.3, -0.25) is 4.79 Å². The zero-order chi connectivity index (χ0) is 12.3. The summed E-state index contributed by atoms with van der Waals surface area (Å²) in [5.74, 6) is 0.950. The number of carbonyl (C=O) groups is 1. The molecular formula is C15H21NO. The van der Waals surface area contributed by atoms with Crippen LogP contribution in [0.1, 0.15) is 60.9 Å². The largest absolute Gasteiger partial charge is 0.328 e. The highest BCUT2D eigenvalue weighted by atomic mass is 16.1. The molecule has 0 aromatic heterocycles. The van der Waals surface area contributed by atoms with E-state index in [1.165, 1.54) is 24.8 Å². The molecule has 92 valence electrons. The molecule has 1 saturated carbocycles. The van der Waals surface area contributed by atoms with Gasteiger partial charge in [-0.05, 0) is 37.7 Å². The Balaban J connectivity index is 1.94. The van der Waals surface area contributed by atoms with Gasteiger partial charge in [-0.15, -0.1) is 0 Å². The van der Waals surface area contributed by atoms with Crippen LogP contribution >= 0.6 is 0 Å². The molecule has 2 heteroatoms. The van der Waals surface area contributed by atoms with Crippen molar-refractivity contribution in [3.63, 3.8) is 0 Å². The van der Waals surface area contributed by atoms with Crippen molar-refractivity contribution < 1.29 is 4.79 Å². The molecule has 1 atom stereocenters. The van der Waals surface area contributed by atoms with Gasteiger partial charge >= 0.3 is 0 Å². The molecule has 2 nitrogen and oxygen atoms in total. The number of nitrogens with two attached hydrogens (primary N) is 1. The van der Waals surface area contributed by atoms with Gasteiger partial charge in [-0.2, -0.15) is 0 Å². The lowest BCUT2D eigenvalue weighted by Crippen LogP contribution is -2.16. The summed E-state index contributed by atoms with van der Waals surface area (Å²) in [7, 11) is 0. The number of hydrogen-bond acceptors (Lipinski definition) is 2. The maximum absolute atomic E-state index is 11.9. The van der Waals surface area contributed by atoms with Gasteiger partial charge in [-0.25, -0.2) is 0 Å². The zero-order valence-corrected chi connectivity index (χ0v) is 10.5. The number of hydrogen-bond donors (Lipinski definition) is 1. The monoisotopic (exact) mass is 231 g/mol. The zero-order valence-electron chi connectivity index (χ0n) is 10.5. The molecule has 0 radical (unpaired) electrons. The maximum Gasteiger partial charge on any atom is 0.162 e. The Labute approximate surface area is 103 Å². The Hall–Kier alpha value is -1.15. The molecule has 0 aliphatic heterocycles. The average Bonchev–Trinajstić information content (AvgIpc) is 2.24. The molecule has 0 saturated heterocycles. The molecule has 0 heterocycles. The van der Waals surface area contributed by atoms with E-state index in [0.29, 0.717) is 6.42 Å². The Morgan fingerprint density at radius 3 is 2.47 bits per heavy atom. The summed E-state index contributed by atoms with van der Waals surface area (Å²) in [6.45, 7) is 1.94. The fourth-order valence-corrected chi connectivity index (χ4v) is 2.19. The topological polar surface area (TPSA) is 43.1 Å². The smallest absolute Gasteiger partial charge is 0.162 e. The van der Waals surface area contributed by atoms with Crippen molar-refractivity contribution in [2.24, 2.45) is 5.73 Å². The summed E-state index contributed by atoms with van der Waals surface area (Å²) in [6.07, 6.45) is 5.28. The summed E-state index contributed by atoms with van der Waals surface area (Å²) in [5, 5.41) is 0. The third kappa shape index (κ3) is 3.16. The lowest BCUT2D eigenvalue weighted by molar-refractivity contribution is 0.0978. The third-order valence-electron chi connectivity index (χ3n) is 3.64. The molecule has 1 aromatic carbocycles. The molecular weight excluding hydrogens is 210 g/mol. The molecule has 1 fully saturated rings. The first kappa shape index (κ1) is 12.3. The van der Waals surface area contributed by atoms with E-state index in [1.807, 2.05) is 19.1 Å². The van der Waals surface area contributed by atoms with Gasteiger partial charge in [0.25, 0.3) is 0 Å². The Kier molecular flexibility index (Phi) is 3.95. The Morgan fingerprint density at radius 1 is 1.35 bits per heavy atom. The Bertz CT molecular complexity index is 376. The summed E-state index contributed by atoms with van der Waals surface area (Å²) in [6, 6.07) is 8.27. The van der Waals surface area contributed by atoms with Crippen LogP contribution in [0, 0.1) is 0 Å². The van der Waals surface area contributed by atoms with Crippen molar-refractivity contribution in [2.45, 2.75) is 51.0 Å². The number of carbonyl (C=O) groups excluding carboxylic acids is 1. The second-order valence-electron chi connectivity index (χ2n) is 5.19. The summed E-state index contributed by atoms with van der Waals surface area (Å²) in [5.41, 5.74) is 7.87. The molecule has 1 aromatic rings. The maximum atomic E-state index is 11.9. The predicted octanol–water partition coefficient (Wildman–Crippen LogP) is 3.26. The van der Waals surface area contributed by atoms with Crippen molar-refractivity contribution in [1.82, 2.24) is 0 Å². The van der Waals surface area contributed by atoms with Gasteiger partial charge in [-0.1, -0.05) is 30.7 Å². The van der Waals surface area contributed by atoms with Crippen molar-refractivity contribution >= 4 is 5.78 Å². The van der Waals surface area contributed by atoms with E-state index in [9.17, 15) is 4.79 Å². The highest BCUT2D eigenvalue weighted by Crippen LogP contribution is 2.36. The quantitative estimate of drug-likeness (QED) is 0.790. The number of Topliss-reactive ketones (excluding diaryl/α,β-unsaturated/α-hetero) is 1. The second-order valence-corrected chi connectivity index (χ2v) is 5.19. The molecule has 2 N–H and O–H groups in total. The van der Waals surface area contributed by atoms with E-state index in [0.717, 1.165) is 17.9 Å². The minimum absolute atomic E-state index is 0.105. The first-order valence-electron chi connectivity index (χ1n) is 6.55. The fraction of sp³-hybridized carbons (Fsp3) is 0.533. The highest BCUT2D eigenvalue weighted by Gasteiger charge is 2.19. The number of ketones is 1. The van der Waals surface area contributed by atoms with Gasteiger partial charge in [0.15, 0.2) is 5.78 Å². The SMILES string of the molecule is CC(N)CCC(=O)c1ccc(C2CCC2)cc1. The predicted molar refractivity (Wildman–Crippen MR) is 70.2 cm³/mol. The van der Waals surface area contributed by atoms with E-state index in [4.69, 9.17) is 5.73 Å². The fourth-order valence-electron chi connectivity index (χ4n) is 2.19. The van der Waals surface area contributed by atoms with Crippen LogP contribution < -0.4 is 5.73 Å². The Morgan fingerprint density at radius 2 is 2.00 bits per heavy atom. The van der Waals surface area contributed by atoms with Crippen LogP contribution in [0.5, 0.6) is 0 Å². The third-order valence-corrected chi connectivity index (χ3v) is 3.64. The van der Waals surface area contributed by atoms with Gasteiger partial charge in [0.2, 0.25) is 0 Å². The summed E-state index contributed by atoms with van der Waals surface area (Å²) < 4.78 is 0. The molecule has 0 spiro atoms. The molecule has 1 unspecified atom stereocenters. The first-order chi connectivity index (χ1) is 8.16. The standard InChI is InChI=1S/C15H21NO/c1-11(16)5-10-15(17)14-8-6-13(7-9-14)12-3-2-4-12/h6-9,11-12H,2-5,10,16H2,1H3. The van der Waals surface area contributed by atoms with Crippen LogP contribution in [-0.2, 0) is 0 Å². The van der Waals surface area contributed by atoms with E-state index in [-0.39, 0.29) is 11.8 Å². The number of benzene rings is 1. The van der Waals surface area contributed by atoms with Crippen molar-refractivity contribution in [3.8, 4) is 0 Å². The van der Waals surface area contributed by atoms with Crippen LogP contribution in [0.25, 0.3) is 0 Å². The van der Waals surface area contributed by atoms with Gasteiger partial charge in [0.05, 0.1) is 0 Å². The molecule has 17 heavy (non-hydrogen) atoms. The van der Waals surface area contributed by atoms with E-state index < -0.39 is 0 Å². The molecule has 0 bridgehead atoms. The van der Waals surface area contributed by atoms with Crippen LogP contribution in [-0.4, -0.2) is 11.8 Å². The van der Waals surface area contributed by atoms with E-state index in [2.05, 4.69) is 12.1 Å². The normalized spacial score (nSPS) is 17.5. The van der Waals surface area contributed by atoms with Crippen LogP contribution in [0.2, 0.25) is 0 Å². The lowest BCUT2D eigenvalue weighted by atomic mass is 9.80. The minimum Gasteiger partial charge on any atom is -0.328 e. The van der Waals surface area contributed by atoms with Crippen molar-refractivity contribution in [1.29, 1.82) is 0 Å². The van der Waals surface area contributed by atoms with E-state index in [1.54, 1.807) is 0 Å². The average molecular weight is 231 g/mol. The number of rotatable bonds is 5. The van der Waals surface area contributed by atoms with Gasteiger partial charge in [0, 0.05) is 18.0 Å². The molecule has 1 aliphatic carbocycles. The first-order valence-corrected chi connectivity index (χ1v) is 6.55. The molecule has 1 aliphatic rings. The van der Waals surface area contributed by atoms with Gasteiger partial charge < -0.3 is 5.73 Å². The minimum atomic E-state index is 0.105. The highest BCUT2D eigenvalue weighted by molar-refractivity contribution is 5.96. The molecule has 0 amide bonds. The van der Waals surface area contributed by atoms with Crippen LogP contribution in [0.15, 0.2) is 24.3 Å². The van der Waals surface area contributed by atoms with Crippen molar-refractivity contribution in [3.05, 3.63) is 35.4 Å². The lowest BCUT2D eigenvalue weighted by Gasteiger charge is -2.25. The second kappa shape index (κ2) is 5.46. The van der Waals surface area contributed by atoms with E-state index >= 15 is 0 Å².